The Kier molecular flexibility index (Phi) is 5.28. The van der Waals surface area contributed by atoms with Gasteiger partial charge in [-0.15, -0.1) is 0 Å². The van der Waals surface area contributed by atoms with Crippen LogP contribution in [-0.4, -0.2) is 33.3 Å². The molecule has 11 nitrogen and oxygen atoms in total. The molecule has 5 rings (SSSR count). The fraction of sp³-hybridized carbons (Fsp3) is 0.217. The van der Waals surface area contributed by atoms with Crippen molar-refractivity contribution < 1.29 is 14.5 Å². The highest BCUT2D eigenvalue weighted by Crippen LogP contribution is 2.31. The van der Waals surface area contributed by atoms with Crippen LogP contribution in [-0.2, 0) is 22.6 Å². The summed E-state index contributed by atoms with van der Waals surface area (Å²) in [6, 6.07) is 13.5. The number of amides is 2. The molecular weight excluding hydrogens is 440 g/mol. The minimum absolute atomic E-state index is 0.0491. The Morgan fingerprint density at radius 2 is 1.94 bits per heavy atom. The van der Waals surface area contributed by atoms with Crippen molar-refractivity contribution in [1.29, 1.82) is 0 Å². The third-order valence-corrected chi connectivity index (χ3v) is 6.01. The molecule has 11 heteroatoms. The summed E-state index contributed by atoms with van der Waals surface area (Å²) in [6.45, 7) is 1.20. The van der Waals surface area contributed by atoms with Gasteiger partial charge in [-0.25, -0.2) is 0 Å². The standard InChI is InChI=1S/C23H20N6O5/c30-18-11-17(21(31)24-15-6-3-7-16(10-15)29(33)34)19-20(25-18)26-23(27-22(19)32)28-9-8-13-4-1-2-5-14(13)12-28/h1-7,10,17H,8-9,11-12H2,(H,24,31)(H2,25,26,27,30,32)/t17-/m0/s1. The molecule has 172 valence electrons. The van der Waals surface area contributed by atoms with Gasteiger partial charge in [0.15, 0.2) is 0 Å². The van der Waals surface area contributed by atoms with Crippen LogP contribution in [0.1, 0.15) is 29.0 Å². The van der Waals surface area contributed by atoms with Gasteiger partial charge in [0.2, 0.25) is 17.8 Å². The first kappa shape index (κ1) is 21.3. The lowest BCUT2D eigenvalue weighted by molar-refractivity contribution is -0.384. The van der Waals surface area contributed by atoms with E-state index in [1.54, 1.807) is 0 Å². The molecule has 0 spiro atoms. The Balaban J connectivity index is 1.43. The maximum absolute atomic E-state index is 13.0. The van der Waals surface area contributed by atoms with E-state index in [-0.39, 0.29) is 29.2 Å². The summed E-state index contributed by atoms with van der Waals surface area (Å²) in [5.41, 5.74) is 1.92. The number of H-pyrrole nitrogens is 1. The zero-order valence-electron chi connectivity index (χ0n) is 17.9. The predicted octanol–water partition coefficient (Wildman–Crippen LogP) is 2.31. The number of rotatable bonds is 4. The smallest absolute Gasteiger partial charge is 0.271 e. The highest BCUT2D eigenvalue weighted by Gasteiger charge is 2.35. The Hall–Kier alpha value is -4.54. The van der Waals surface area contributed by atoms with Crippen LogP contribution in [0.15, 0.2) is 53.3 Å². The molecule has 1 atom stereocenters. The van der Waals surface area contributed by atoms with Crippen LogP contribution in [0.5, 0.6) is 0 Å². The third-order valence-electron chi connectivity index (χ3n) is 6.01. The molecule has 3 heterocycles. The summed E-state index contributed by atoms with van der Waals surface area (Å²) in [5, 5.41) is 16.2. The number of non-ortho nitro benzene ring substituents is 1. The first-order valence-corrected chi connectivity index (χ1v) is 10.7. The number of nitro groups is 1. The second-order valence-corrected chi connectivity index (χ2v) is 8.19. The highest BCUT2D eigenvalue weighted by molar-refractivity contribution is 6.04. The Bertz CT molecular complexity index is 1380. The summed E-state index contributed by atoms with van der Waals surface area (Å²) in [5.74, 6) is -1.79. The van der Waals surface area contributed by atoms with Crippen LogP contribution in [0.2, 0.25) is 0 Å². The molecule has 0 aliphatic carbocycles. The van der Waals surface area contributed by atoms with Crippen molar-refractivity contribution in [3.8, 4) is 0 Å². The minimum atomic E-state index is -1.09. The predicted molar refractivity (Wildman–Crippen MR) is 124 cm³/mol. The summed E-state index contributed by atoms with van der Waals surface area (Å²) in [6.07, 6.45) is 0.548. The number of carbonyl (C=O) groups is 2. The molecule has 2 aliphatic rings. The average Bonchev–Trinajstić information content (AvgIpc) is 2.83. The number of aromatic nitrogens is 2. The van der Waals surface area contributed by atoms with Gasteiger partial charge in [-0.05, 0) is 23.6 Å². The molecule has 0 radical (unpaired) electrons. The van der Waals surface area contributed by atoms with Crippen molar-refractivity contribution in [2.24, 2.45) is 0 Å². The number of benzene rings is 2. The van der Waals surface area contributed by atoms with Gasteiger partial charge in [0.25, 0.3) is 11.2 Å². The van der Waals surface area contributed by atoms with Gasteiger partial charge < -0.3 is 15.5 Å². The minimum Gasteiger partial charge on any atom is -0.338 e. The normalized spacial score (nSPS) is 16.8. The number of hydrogen-bond donors (Lipinski definition) is 3. The molecule has 2 aromatic carbocycles. The van der Waals surface area contributed by atoms with E-state index in [4.69, 9.17) is 0 Å². The van der Waals surface area contributed by atoms with E-state index >= 15 is 0 Å². The summed E-state index contributed by atoms with van der Waals surface area (Å²) < 4.78 is 0. The van der Waals surface area contributed by atoms with Crippen LogP contribution in [0, 0.1) is 10.1 Å². The number of fused-ring (bicyclic) bond motifs is 2. The van der Waals surface area contributed by atoms with E-state index in [1.165, 1.54) is 29.8 Å². The molecule has 0 saturated heterocycles. The van der Waals surface area contributed by atoms with E-state index in [1.807, 2.05) is 23.1 Å². The van der Waals surface area contributed by atoms with E-state index in [0.29, 0.717) is 19.0 Å². The van der Waals surface area contributed by atoms with Crippen LogP contribution >= 0.6 is 0 Å². The molecule has 3 N–H and O–H groups in total. The lowest BCUT2D eigenvalue weighted by atomic mass is 9.92. The Morgan fingerprint density at radius 3 is 2.74 bits per heavy atom. The monoisotopic (exact) mass is 460 g/mol. The molecule has 0 saturated carbocycles. The first-order valence-electron chi connectivity index (χ1n) is 10.7. The number of nitro benzene ring substituents is 1. The van der Waals surface area contributed by atoms with Crippen molar-refractivity contribution in [3.05, 3.63) is 85.7 Å². The molecule has 0 unspecified atom stereocenters. The van der Waals surface area contributed by atoms with Crippen molar-refractivity contribution >= 4 is 35.0 Å². The summed E-state index contributed by atoms with van der Waals surface area (Å²) in [4.78, 5) is 58.0. The van der Waals surface area contributed by atoms with Crippen LogP contribution in [0.3, 0.4) is 0 Å². The SMILES string of the molecule is O=C1C[C@H](C(=O)Nc2cccc([N+](=O)[O-])c2)c2c(nc(N3CCc4ccccc4C3)[nH]c2=O)N1. The van der Waals surface area contributed by atoms with Crippen molar-refractivity contribution in [3.63, 3.8) is 0 Å². The van der Waals surface area contributed by atoms with Gasteiger partial charge in [-0.3, -0.25) is 29.5 Å². The molecule has 3 aromatic rings. The maximum Gasteiger partial charge on any atom is 0.271 e. The van der Waals surface area contributed by atoms with Gasteiger partial charge in [0, 0.05) is 37.3 Å². The van der Waals surface area contributed by atoms with Crippen molar-refractivity contribution in [2.45, 2.75) is 25.3 Å². The third kappa shape index (κ3) is 3.98. The first-order chi connectivity index (χ1) is 16.4. The zero-order valence-corrected chi connectivity index (χ0v) is 17.9. The van der Waals surface area contributed by atoms with Crippen LogP contribution in [0.4, 0.5) is 23.1 Å². The maximum atomic E-state index is 13.0. The molecule has 1 aromatic heterocycles. The van der Waals surface area contributed by atoms with Crippen LogP contribution < -0.4 is 21.1 Å². The van der Waals surface area contributed by atoms with E-state index in [9.17, 15) is 24.5 Å². The highest BCUT2D eigenvalue weighted by atomic mass is 16.6. The molecule has 2 aliphatic heterocycles. The van der Waals surface area contributed by atoms with Gasteiger partial charge >= 0.3 is 0 Å². The van der Waals surface area contributed by atoms with Gasteiger partial charge in [-0.1, -0.05) is 30.3 Å². The fourth-order valence-electron chi connectivity index (χ4n) is 4.34. The van der Waals surface area contributed by atoms with Gasteiger partial charge in [0.05, 0.1) is 16.4 Å². The van der Waals surface area contributed by atoms with Gasteiger partial charge in [-0.2, -0.15) is 4.98 Å². The van der Waals surface area contributed by atoms with E-state index in [2.05, 4.69) is 26.7 Å². The summed E-state index contributed by atoms with van der Waals surface area (Å²) >= 11 is 0. The van der Waals surface area contributed by atoms with Crippen molar-refractivity contribution in [2.75, 3.05) is 22.1 Å². The molecule has 34 heavy (non-hydrogen) atoms. The Morgan fingerprint density at radius 1 is 1.15 bits per heavy atom. The summed E-state index contributed by atoms with van der Waals surface area (Å²) in [7, 11) is 0. The number of carbonyl (C=O) groups excluding carboxylic acids is 2. The lowest BCUT2D eigenvalue weighted by Gasteiger charge is -2.30. The fourth-order valence-corrected chi connectivity index (χ4v) is 4.34. The topological polar surface area (TPSA) is 150 Å². The van der Waals surface area contributed by atoms with Gasteiger partial charge in [0.1, 0.15) is 5.82 Å². The average molecular weight is 460 g/mol. The second kappa shape index (κ2) is 8.43. The molecular formula is C23H20N6O5. The van der Waals surface area contributed by atoms with Crippen LogP contribution in [0.25, 0.3) is 0 Å². The van der Waals surface area contributed by atoms with E-state index in [0.717, 1.165) is 12.0 Å². The quantitative estimate of drug-likeness (QED) is 0.399. The Labute approximate surface area is 193 Å². The van der Waals surface area contributed by atoms with E-state index < -0.39 is 28.2 Å². The van der Waals surface area contributed by atoms with Crippen molar-refractivity contribution in [1.82, 2.24) is 9.97 Å². The number of nitrogens with one attached hydrogen (secondary N) is 3. The number of anilines is 3. The molecule has 2 amide bonds. The second-order valence-electron chi connectivity index (χ2n) is 8.19. The lowest BCUT2D eigenvalue weighted by Crippen LogP contribution is -2.38. The number of aromatic amines is 1. The zero-order chi connectivity index (χ0) is 23.8. The largest absolute Gasteiger partial charge is 0.338 e. The number of hydrogen-bond acceptors (Lipinski definition) is 7. The molecule has 0 bridgehead atoms. The molecule has 0 fully saturated rings. The number of nitrogens with zero attached hydrogens (tertiary/aromatic N) is 3.